The Hall–Kier alpha value is -1.55. The number of nitrogens with zero attached hydrogens (tertiary/aromatic N) is 1. The van der Waals surface area contributed by atoms with Crippen LogP contribution in [0.15, 0.2) is 24.3 Å². The van der Waals surface area contributed by atoms with Crippen molar-refractivity contribution in [3.8, 4) is 0 Å². The molecule has 1 amide bonds. The maximum atomic E-state index is 12.5. The minimum atomic E-state index is -0.197. The van der Waals surface area contributed by atoms with Gasteiger partial charge in [0.1, 0.15) is 6.04 Å². The smallest absolute Gasteiger partial charge is 0.242 e. The third kappa shape index (κ3) is 3.76. The third-order valence-corrected chi connectivity index (χ3v) is 4.17. The first-order valence-electron chi connectivity index (χ1n) is 7.93. The number of fused-ring (bicyclic) bond motifs is 1. The molecule has 0 saturated heterocycles. The van der Waals surface area contributed by atoms with E-state index in [0.29, 0.717) is 0 Å². The van der Waals surface area contributed by atoms with E-state index in [9.17, 15) is 4.79 Å². The van der Waals surface area contributed by atoms with E-state index in [2.05, 4.69) is 36.2 Å². The van der Waals surface area contributed by atoms with Crippen molar-refractivity contribution in [1.82, 2.24) is 5.32 Å². The van der Waals surface area contributed by atoms with E-state index in [0.717, 1.165) is 31.5 Å². The number of amides is 1. The van der Waals surface area contributed by atoms with Crippen molar-refractivity contribution in [1.29, 1.82) is 0 Å². The molecule has 21 heavy (non-hydrogen) atoms. The number of carbonyl (C=O) groups excluding carboxylic acids is 1. The van der Waals surface area contributed by atoms with Crippen LogP contribution in [0.4, 0.5) is 5.69 Å². The molecule has 2 rings (SSSR count). The molecule has 116 valence electrons. The molecular weight excluding hydrogens is 262 g/mol. The van der Waals surface area contributed by atoms with Crippen molar-refractivity contribution >= 4 is 11.6 Å². The molecule has 3 unspecified atom stereocenters. The van der Waals surface area contributed by atoms with Gasteiger partial charge in [0, 0.05) is 24.3 Å². The molecule has 0 radical (unpaired) electrons. The molecule has 0 spiro atoms. The lowest BCUT2D eigenvalue weighted by atomic mass is 9.97. The topological polar surface area (TPSA) is 58.4 Å². The number of para-hydroxylation sites is 1. The van der Waals surface area contributed by atoms with Gasteiger partial charge in [0.15, 0.2) is 0 Å². The Morgan fingerprint density at radius 1 is 1.43 bits per heavy atom. The zero-order chi connectivity index (χ0) is 15.4. The largest absolute Gasteiger partial charge is 0.358 e. The highest BCUT2D eigenvalue weighted by atomic mass is 16.2. The summed E-state index contributed by atoms with van der Waals surface area (Å²) < 4.78 is 0. The Labute approximate surface area is 127 Å². The van der Waals surface area contributed by atoms with Crippen LogP contribution in [-0.4, -0.2) is 30.6 Å². The lowest BCUT2D eigenvalue weighted by Crippen LogP contribution is -2.53. The summed E-state index contributed by atoms with van der Waals surface area (Å²) in [5, 5.41) is 3.10. The zero-order valence-corrected chi connectivity index (χ0v) is 13.3. The Bertz CT molecular complexity index is 489. The number of hydrogen-bond donors (Lipinski definition) is 2. The molecule has 0 fully saturated rings. The van der Waals surface area contributed by atoms with E-state index in [1.165, 1.54) is 5.56 Å². The molecule has 0 aliphatic carbocycles. The van der Waals surface area contributed by atoms with E-state index in [1.54, 1.807) is 0 Å². The van der Waals surface area contributed by atoms with Gasteiger partial charge in [0.2, 0.25) is 5.91 Å². The van der Waals surface area contributed by atoms with Crippen LogP contribution >= 0.6 is 0 Å². The third-order valence-electron chi connectivity index (χ3n) is 4.17. The van der Waals surface area contributed by atoms with Gasteiger partial charge >= 0.3 is 0 Å². The van der Waals surface area contributed by atoms with Crippen LogP contribution in [0.2, 0.25) is 0 Å². The Morgan fingerprint density at radius 3 is 2.86 bits per heavy atom. The van der Waals surface area contributed by atoms with E-state index < -0.39 is 0 Å². The summed E-state index contributed by atoms with van der Waals surface area (Å²) in [5.74, 6) is 0.0832. The predicted octanol–water partition coefficient (Wildman–Crippen LogP) is 2.07. The maximum Gasteiger partial charge on any atom is 0.242 e. The van der Waals surface area contributed by atoms with Gasteiger partial charge in [-0.25, -0.2) is 0 Å². The molecule has 3 atom stereocenters. The summed E-state index contributed by atoms with van der Waals surface area (Å²) in [6.45, 7) is 6.88. The molecule has 0 aromatic heterocycles. The lowest BCUT2D eigenvalue weighted by Gasteiger charge is -2.38. The molecule has 0 bridgehead atoms. The van der Waals surface area contributed by atoms with Crippen LogP contribution in [0.5, 0.6) is 0 Å². The molecule has 1 heterocycles. The summed E-state index contributed by atoms with van der Waals surface area (Å²) >= 11 is 0. The van der Waals surface area contributed by atoms with Gasteiger partial charge in [-0.1, -0.05) is 31.5 Å². The molecule has 4 nitrogen and oxygen atoms in total. The average molecular weight is 289 g/mol. The second-order valence-corrected chi connectivity index (χ2v) is 6.12. The SMILES string of the molecule is CCCC(C)NC(=O)C(C)N1CC(N)Cc2ccccc21. The van der Waals surface area contributed by atoms with Gasteiger partial charge in [0.25, 0.3) is 0 Å². The van der Waals surface area contributed by atoms with Crippen LogP contribution in [0.3, 0.4) is 0 Å². The summed E-state index contributed by atoms with van der Waals surface area (Å²) in [6.07, 6.45) is 2.97. The van der Waals surface area contributed by atoms with Crippen LogP contribution < -0.4 is 16.0 Å². The number of rotatable bonds is 5. The maximum absolute atomic E-state index is 12.5. The monoisotopic (exact) mass is 289 g/mol. The number of nitrogens with two attached hydrogens (primary N) is 1. The van der Waals surface area contributed by atoms with Gasteiger partial charge < -0.3 is 16.0 Å². The fraction of sp³-hybridized carbons (Fsp3) is 0.588. The predicted molar refractivity (Wildman–Crippen MR) is 87.4 cm³/mol. The van der Waals surface area contributed by atoms with E-state index in [1.807, 2.05) is 19.1 Å². The van der Waals surface area contributed by atoms with E-state index in [-0.39, 0.29) is 24.0 Å². The number of hydrogen-bond acceptors (Lipinski definition) is 3. The molecule has 1 aromatic carbocycles. The zero-order valence-electron chi connectivity index (χ0n) is 13.3. The van der Waals surface area contributed by atoms with Gasteiger partial charge in [-0.05, 0) is 38.3 Å². The molecule has 1 aliphatic rings. The summed E-state index contributed by atoms with van der Waals surface area (Å²) in [6, 6.07) is 8.35. The minimum Gasteiger partial charge on any atom is -0.358 e. The standard InChI is InChI=1S/C17H27N3O/c1-4-7-12(2)19-17(21)13(3)20-11-15(18)10-14-8-5-6-9-16(14)20/h5-6,8-9,12-13,15H,4,7,10-11,18H2,1-3H3,(H,19,21). The Morgan fingerprint density at radius 2 is 2.14 bits per heavy atom. The minimum absolute atomic E-state index is 0.0832. The lowest BCUT2D eigenvalue weighted by molar-refractivity contribution is -0.122. The Balaban J connectivity index is 2.12. The number of nitrogens with one attached hydrogen (secondary N) is 1. The van der Waals surface area contributed by atoms with Crippen molar-refractivity contribution in [3.63, 3.8) is 0 Å². The first kappa shape index (κ1) is 15.8. The highest BCUT2D eigenvalue weighted by Gasteiger charge is 2.29. The van der Waals surface area contributed by atoms with Crippen molar-refractivity contribution in [3.05, 3.63) is 29.8 Å². The fourth-order valence-corrected chi connectivity index (χ4v) is 3.04. The molecule has 1 aliphatic heterocycles. The van der Waals surface area contributed by atoms with Crippen LogP contribution in [0.1, 0.15) is 39.2 Å². The average Bonchev–Trinajstić information content (AvgIpc) is 2.45. The van der Waals surface area contributed by atoms with Crippen molar-refractivity contribution in [2.45, 2.75) is 58.2 Å². The molecule has 4 heteroatoms. The Kier molecular flexibility index (Phi) is 5.23. The highest BCUT2D eigenvalue weighted by Crippen LogP contribution is 2.28. The second-order valence-electron chi connectivity index (χ2n) is 6.12. The highest BCUT2D eigenvalue weighted by molar-refractivity contribution is 5.85. The first-order chi connectivity index (χ1) is 10.0. The summed E-state index contributed by atoms with van der Waals surface area (Å²) in [5.41, 5.74) is 8.53. The van der Waals surface area contributed by atoms with Crippen LogP contribution in [0, 0.1) is 0 Å². The van der Waals surface area contributed by atoms with Crippen molar-refractivity contribution < 1.29 is 4.79 Å². The van der Waals surface area contributed by atoms with Gasteiger partial charge in [-0.15, -0.1) is 0 Å². The van der Waals surface area contributed by atoms with Crippen LogP contribution in [-0.2, 0) is 11.2 Å². The fourth-order valence-electron chi connectivity index (χ4n) is 3.04. The van der Waals surface area contributed by atoms with Gasteiger partial charge in [-0.2, -0.15) is 0 Å². The van der Waals surface area contributed by atoms with Crippen LogP contribution in [0.25, 0.3) is 0 Å². The molecule has 3 N–H and O–H groups in total. The number of anilines is 1. The van der Waals surface area contributed by atoms with Gasteiger partial charge in [-0.3, -0.25) is 4.79 Å². The summed E-state index contributed by atoms with van der Waals surface area (Å²) in [7, 11) is 0. The second kappa shape index (κ2) is 6.94. The van der Waals surface area contributed by atoms with E-state index in [4.69, 9.17) is 5.73 Å². The summed E-state index contributed by atoms with van der Waals surface area (Å²) in [4.78, 5) is 14.6. The molecule has 1 aromatic rings. The van der Waals surface area contributed by atoms with Crippen molar-refractivity contribution in [2.75, 3.05) is 11.4 Å². The van der Waals surface area contributed by atoms with Crippen molar-refractivity contribution in [2.24, 2.45) is 5.73 Å². The normalized spacial score (nSPS) is 20.6. The van der Waals surface area contributed by atoms with E-state index >= 15 is 0 Å². The quantitative estimate of drug-likeness (QED) is 0.872. The number of carbonyl (C=O) groups is 1. The molecular formula is C17H27N3O. The van der Waals surface area contributed by atoms with Gasteiger partial charge in [0.05, 0.1) is 0 Å². The first-order valence-corrected chi connectivity index (χ1v) is 7.93. The molecule has 0 saturated carbocycles. The number of benzene rings is 1.